The number of H-pyrrole nitrogens is 1. The maximum atomic E-state index is 13.9. The number of imidazole rings is 1. The fourth-order valence-electron chi connectivity index (χ4n) is 3.84. The molecule has 1 aliphatic heterocycles. The van der Waals surface area contributed by atoms with Crippen LogP contribution in [0.25, 0.3) is 11.3 Å². The molecule has 3 heterocycles. The summed E-state index contributed by atoms with van der Waals surface area (Å²) in [4.78, 5) is 17.8. The van der Waals surface area contributed by atoms with Gasteiger partial charge in [0.05, 0.1) is 24.1 Å². The third-order valence-corrected chi connectivity index (χ3v) is 5.39. The Morgan fingerprint density at radius 2 is 1.85 bits per heavy atom. The number of alkyl halides is 3. The van der Waals surface area contributed by atoms with Crippen LogP contribution in [0.4, 0.5) is 26.3 Å². The Kier molecular flexibility index (Phi) is 7.26. The monoisotopic (exact) mass is 508 g/mol. The van der Waals surface area contributed by atoms with Crippen LogP contribution in [-0.4, -0.2) is 43.1 Å². The second-order valence-corrected chi connectivity index (χ2v) is 7.71. The summed E-state index contributed by atoms with van der Waals surface area (Å²) in [7, 11) is 0. The van der Waals surface area contributed by atoms with Gasteiger partial charge in [-0.2, -0.15) is 18.3 Å². The Morgan fingerprint density at radius 1 is 1.15 bits per heavy atom. The van der Waals surface area contributed by atoms with Crippen LogP contribution in [0.3, 0.4) is 0 Å². The summed E-state index contributed by atoms with van der Waals surface area (Å²) in [6.45, 7) is -0.287. The zero-order valence-electron chi connectivity index (χ0n) is 17.4. The largest absolute Gasteiger partial charge is 0.449 e. The summed E-state index contributed by atoms with van der Waals surface area (Å²) < 4.78 is 81.8. The molecule has 0 saturated heterocycles. The maximum absolute atomic E-state index is 13.9. The highest BCUT2D eigenvalue weighted by molar-refractivity contribution is 5.85. The first kappa shape index (κ1) is 25.6. The molecule has 1 aromatic carbocycles. The average molecular weight is 509 g/mol. The van der Waals surface area contributed by atoms with Gasteiger partial charge in [-0.15, -0.1) is 12.4 Å². The number of rotatable bonds is 5. The lowest BCUT2D eigenvalue weighted by atomic mass is 10.0. The van der Waals surface area contributed by atoms with E-state index in [9.17, 15) is 31.1 Å². The molecule has 34 heavy (non-hydrogen) atoms. The molecule has 1 amide bonds. The van der Waals surface area contributed by atoms with E-state index in [4.69, 9.17) is 5.73 Å². The number of aromatic nitrogens is 4. The summed E-state index contributed by atoms with van der Waals surface area (Å²) in [5, 5.41) is 6.26. The first-order valence-corrected chi connectivity index (χ1v) is 9.87. The Hall–Kier alpha value is -3.06. The van der Waals surface area contributed by atoms with Gasteiger partial charge in [0.15, 0.2) is 11.6 Å². The molecule has 0 spiro atoms. The molecule has 3 N–H and O–H groups in total. The van der Waals surface area contributed by atoms with E-state index in [1.165, 1.54) is 17.3 Å². The summed E-state index contributed by atoms with van der Waals surface area (Å²) in [5.41, 5.74) is 6.34. The zero-order chi connectivity index (χ0) is 23.9. The van der Waals surface area contributed by atoms with Gasteiger partial charge in [0.2, 0.25) is 11.7 Å². The van der Waals surface area contributed by atoms with Crippen molar-refractivity contribution in [1.29, 1.82) is 0 Å². The van der Waals surface area contributed by atoms with Gasteiger partial charge in [0.25, 0.3) is 0 Å². The number of nitrogens with zero attached hydrogens (tertiary/aromatic N) is 4. The van der Waals surface area contributed by atoms with Gasteiger partial charge in [-0.05, 0) is 18.1 Å². The molecule has 3 aromatic rings. The van der Waals surface area contributed by atoms with Gasteiger partial charge >= 0.3 is 6.18 Å². The van der Waals surface area contributed by atoms with Crippen LogP contribution in [-0.2, 0) is 30.5 Å². The Labute approximate surface area is 195 Å². The first-order chi connectivity index (χ1) is 15.5. The second kappa shape index (κ2) is 9.66. The van der Waals surface area contributed by atoms with Crippen molar-refractivity contribution in [2.45, 2.75) is 38.1 Å². The fraction of sp³-hybridized carbons (Fsp3) is 0.350. The number of amides is 1. The summed E-state index contributed by atoms with van der Waals surface area (Å²) in [6.07, 6.45) is -2.44. The Balaban J connectivity index is 0.00000324. The first-order valence-electron chi connectivity index (χ1n) is 9.87. The van der Waals surface area contributed by atoms with Crippen LogP contribution in [0, 0.1) is 17.5 Å². The van der Waals surface area contributed by atoms with Gasteiger partial charge in [-0.25, -0.2) is 18.2 Å². The van der Waals surface area contributed by atoms with Crippen LogP contribution in [0.15, 0.2) is 24.5 Å². The van der Waals surface area contributed by atoms with E-state index in [0.717, 1.165) is 4.57 Å². The molecule has 1 aliphatic rings. The van der Waals surface area contributed by atoms with Crippen LogP contribution >= 0.6 is 12.4 Å². The fourth-order valence-corrected chi connectivity index (χ4v) is 3.84. The summed E-state index contributed by atoms with van der Waals surface area (Å²) >= 11 is 0. The molecule has 0 radical (unpaired) electrons. The highest BCUT2D eigenvalue weighted by Gasteiger charge is 2.41. The van der Waals surface area contributed by atoms with Gasteiger partial charge in [-0.3, -0.25) is 9.89 Å². The zero-order valence-corrected chi connectivity index (χ0v) is 18.2. The number of hydrogen-bond donors (Lipinski definition) is 2. The molecule has 7 nitrogen and oxygen atoms in total. The normalized spacial score (nSPS) is 14.5. The molecule has 0 fully saturated rings. The summed E-state index contributed by atoms with van der Waals surface area (Å²) in [5.74, 6) is -5.09. The van der Waals surface area contributed by atoms with Crippen molar-refractivity contribution >= 4 is 18.3 Å². The maximum Gasteiger partial charge on any atom is 0.449 e. The van der Waals surface area contributed by atoms with Gasteiger partial charge in [-0.1, -0.05) is 0 Å². The lowest BCUT2D eigenvalue weighted by Gasteiger charge is -2.30. The number of aromatic amines is 1. The van der Waals surface area contributed by atoms with E-state index in [0.29, 0.717) is 17.7 Å². The molecule has 0 aliphatic carbocycles. The lowest BCUT2D eigenvalue weighted by Crippen LogP contribution is -2.42. The van der Waals surface area contributed by atoms with Crippen molar-refractivity contribution < 1.29 is 31.1 Å². The third-order valence-electron chi connectivity index (χ3n) is 5.39. The molecule has 2 aromatic heterocycles. The molecule has 4 rings (SSSR count). The molecule has 184 valence electrons. The number of halogens is 7. The molecule has 0 saturated carbocycles. The molecular formula is C20H19ClF6N6O. The smallest absolute Gasteiger partial charge is 0.335 e. The third kappa shape index (κ3) is 5.04. The second-order valence-electron chi connectivity index (χ2n) is 7.71. The van der Waals surface area contributed by atoms with Crippen molar-refractivity contribution in [2.75, 3.05) is 6.54 Å². The standard InChI is InChI=1S/C20H18F6N6O.ClH/c21-13-6-15(23)14(22)4-10(13)3-12(27)5-17(33)31-1-2-32-16(9-31)18(11-7-28-29-8-11)30-19(32)20(24,25)26;/h4,6-8,12H,1-3,5,9,27H2,(H,28,29);1H/t12-;/m1./s1. The molecule has 0 bridgehead atoms. The Morgan fingerprint density at radius 3 is 2.50 bits per heavy atom. The van der Waals surface area contributed by atoms with Gasteiger partial charge in [0.1, 0.15) is 5.82 Å². The highest BCUT2D eigenvalue weighted by Crippen LogP contribution is 2.35. The predicted molar refractivity (Wildman–Crippen MR) is 110 cm³/mol. The van der Waals surface area contributed by atoms with Crippen LogP contribution in [0.2, 0.25) is 0 Å². The number of benzene rings is 1. The lowest BCUT2D eigenvalue weighted by molar-refractivity contribution is -0.148. The minimum absolute atomic E-state index is 0. The minimum atomic E-state index is -4.68. The SMILES string of the molecule is Cl.N[C@@H](CC(=O)N1CCn2c(C(F)(F)F)nc(-c3cn[nH]c3)c2C1)Cc1cc(F)c(F)cc1F. The molecular weight excluding hydrogens is 490 g/mol. The van der Waals surface area contributed by atoms with Crippen molar-refractivity contribution in [2.24, 2.45) is 5.73 Å². The number of hydrogen-bond acceptors (Lipinski definition) is 4. The van der Waals surface area contributed by atoms with E-state index in [-0.39, 0.29) is 61.8 Å². The number of carbonyl (C=O) groups is 1. The number of nitrogens with one attached hydrogen (secondary N) is 1. The predicted octanol–water partition coefficient (Wildman–Crippen LogP) is 3.43. The quantitative estimate of drug-likeness (QED) is 0.408. The van der Waals surface area contributed by atoms with Gasteiger partial charge < -0.3 is 15.2 Å². The average Bonchev–Trinajstić information content (AvgIpc) is 3.38. The van der Waals surface area contributed by atoms with E-state index in [1.807, 2.05) is 0 Å². The Bertz CT molecular complexity index is 1180. The van der Waals surface area contributed by atoms with Crippen LogP contribution in [0.5, 0.6) is 0 Å². The molecule has 0 unspecified atom stereocenters. The van der Waals surface area contributed by atoms with Crippen molar-refractivity contribution in [3.63, 3.8) is 0 Å². The number of fused-ring (bicyclic) bond motifs is 1. The summed E-state index contributed by atoms with van der Waals surface area (Å²) in [6, 6.07) is 0.174. The van der Waals surface area contributed by atoms with Crippen LogP contribution < -0.4 is 5.73 Å². The topological polar surface area (TPSA) is 92.8 Å². The van der Waals surface area contributed by atoms with E-state index >= 15 is 0 Å². The van der Waals surface area contributed by atoms with Crippen molar-refractivity contribution in [3.8, 4) is 11.3 Å². The van der Waals surface area contributed by atoms with Crippen LogP contribution in [0.1, 0.15) is 23.5 Å². The molecule has 14 heteroatoms. The van der Waals surface area contributed by atoms with E-state index < -0.39 is 41.4 Å². The van der Waals surface area contributed by atoms with E-state index in [2.05, 4.69) is 15.2 Å². The number of carbonyl (C=O) groups excluding carboxylic acids is 1. The van der Waals surface area contributed by atoms with Crippen molar-refractivity contribution in [1.82, 2.24) is 24.6 Å². The minimum Gasteiger partial charge on any atom is -0.335 e. The number of nitrogens with two attached hydrogens (primary N) is 1. The highest BCUT2D eigenvalue weighted by atomic mass is 35.5. The molecule has 1 atom stereocenters. The van der Waals surface area contributed by atoms with E-state index in [1.54, 1.807) is 0 Å². The van der Waals surface area contributed by atoms with Gasteiger partial charge in [0, 0.05) is 43.4 Å². The van der Waals surface area contributed by atoms with Crippen molar-refractivity contribution in [3.05, 3.63) is 59.1 Å².